The summed E-state index contributed by atoms with van der Waals surface area (Å²) >= 11 is 0. The molecule has 0 aliphatic heterocycles. The number of hydrogen-bond acceptors (Lipinski definition) is 3. The number of amides is 1. The summed E-state index contributed by atoms with van der Waals surface area (Å²) in [7, 11) is 0. The number of alkyl carbamates (subject to hydrolysis) is 1. The number of carboxylic acid groups (broad SMARTS) is 1. The molecule has 0 aromatic carbocycles. The van der Waals surface area contributed by atoms with Gasteiger partial charge in [-0.05, 0) is 69.6 Å². The predicted octanol–water partition coefficient (Wildman–Crippen LogP) is 2.69. The Kier molecular flexibility index (Phi) is 2.79. The second kappa shape index (κ2) is 4.37. The Bertz CT molecular complexity index is 471. The van der Waals surface area contributed by atoms with E-state index < -0.39 is 11.4 Å². The number of rotatable bonds is 3. The van der Waals surface area contributed by atoms with Crippen molar-refractivity contribution in [3.05, 3.63) is 0 Å². The Balaban J connectivity index is 1.51. The van der Waals surface area contributed by atoms with E-state index in [9.17, 15) is 14.7 Å². The van der Waals surface area contributed by atoms with E-state index in [0.29, 0.717) is 18.3 Å². The van der Waals surface area contributed by atoms with Crippen LogP contribution in [-0.2, 0) is 9.53 Å². The van der Waals surface area contributed by atoms with Gasteiger partial charge in [0.25, 0.3) is 0 Å². The summed E-state index contributed by atoms with van der Waals surface area (Å²) in [5, 5.41) is 12.8. The van der Waals surface area contributed by atoms with Crippen LogP contribution in [0.3, 0.4) is 0 Å². The zero-order valence-electron chi connectivity index (χ0n) is 12.3. The van der Waals surface area contributed by atoms with Gasteiger partial charge in [-0.25, -0.2) is 4.79 Å². The lowest BCUT2D eigenvalue weighted by Gasteiger charge is -2.60. The van der Waals surface area contributed by atoms with Crippen molar-refractivity contribution in [1.82, 2.24) is 5.32 Å². The van der Waals surface area contributed by atoms with Gasteiger partial charge in [-0.3, -0.25) is 4.79 Å². The maximum Gasteiger partial charge on any atom is 0.407 e. The highest BCUT2D eigenvalue weighted by molar-refractivity contribution is 5.76. The van der Waals surface area contributed by atoms with Gasteiger partial charge in [0.2, 0.25) is 0 Å². The van der Waals surface area contributed by atoms with E-state index in [1.165, 1.54) is 0 Å². The van der Waals surface area contributed by atoms with Gasteiger partial charge >= 0.3 is 12.1 Å². The van der Waals surface area contributed by atoms with Gasteiger partial charge in [0, 0.05) is 5.54 Å². The minimum absolute atomic E-state index is 0.0762. The summed E-state index contributed by atoms with van der Waals surface area (Å²) in [6.45, 7) is 0. The van der Waals surface area contributed by atoms with Crippen LogP contribution in [0.2, 0.25) is 0 Å². The largest absolute Gasteiger partial charge is 0.481 e. The van der Waals surface area contributed by atoms with E-state index in [2.05, 4.69) is 5.32 Å². The Labute approximate surface area is 124 Å². The third-order valence-electron chi connectivity index (χ3n) is 6.21. The molecule has 116 valence electrons. The molecule has 5 nitrogen and oxygen atoms in total. The van der Waals surface area contributed by atoms with Crippen molar-refractivity contribution in [3.63, 3.8) is 0 Å². The maximum absolute atomic E-state index is 12.1. The van der Waals surface area contributed by atoms with Crippen LogP contribution < -0.4 is 5.32 Å². The number of carbonyl (C=O) groups excluding carboxylic acids is 1. The van der Waals surface area contributed by atoms with Crippen LogP contribution in [0, 0.1) is 17.3 Å². The van der Waals surface area contributed by atoms with E-state index >= 15 is 0 Å². The van der Waals surface area contributed by atoms with Crippen molar-refractivity contribution in [2.45, 2.75) is 69.4 Å². The molecule has 5 rings (SSSR count). The molecule has 1 amide bonds. The number of aliphatic carboxylic acids is 1. The summed E-state index contributed by atoms with van der Waals surface area (Å²) in [4.78, 5) is 23.9. The Hall–Kier alpha value is -1.26. The SMILES string of the molecule is O=C(NC12CC3CC(C1)CC(C(=O)O)(C3)C2)OC1CCC1. The van der Waals surface area contributed by atoms with E-state index in [1.807, 2.05) is 0 Å². The Morgan fingerprint density at radius 1 is 1.10 bits per heavy atom. The highest BCUT2D eigenvalue weighted by atomic mass is 16.6. The van der Waals surface area contributed by atoms with Gasteiger partial charge in [-0.2, -0.15) is 0 Å². The third-order valence-corrected chi connectivity index (χ3v) is 6.21. The average molecular weight is 293 g/mol. The first-order valence-electron chi connectivity index (χ1n) is 8.21. The quantitative estimate of drug-likeness (QED) is 0.839. The summed E-state index contributed by atoms with van der Waals surface area (Å²) in [5.41, 5.74) is -0.933. The van der Waals surface area contributed by atoms with Gasteiger partial charge in [0.1, 0.15) is 6.10 Å². The molecular weight excluding hydrogens is 270 g/mol. The topological polar surface area (TPSA) is 75.6 Å². The molecule has 0 aromatic heterocycles. The summed E-state index contributed by atoms with van der Waals surface area (Å²) in [5.74, 6) is 0.229. The van der Waals surface area contributed by atoms with Crippen molar-refractivity contribution in [2.24, 2.45) is 17.3 Å². The molecule has 0 heterocycles. The monoisotopic (exact) mass is 293 g/mol. The number of carboxylic acids is 1. The molecule has 0 saturated heterocycles. The lowest BCUT2D eigenvalue weighted by molar-refractivity contribution is -0.168. The van der Waals surface area contributed by atoms with E-state index in [-0.39, 0.29) is 17.7 Å². The smallest absolute Gasteiger partial charge is 0.407 e. The zero-order chi connectivity index (χ0) is 14.7. The number of hydrogen-bond donors (Lipinski definition) is 2. The molecule has 2 atom stereocenters. The van der Waals surface area contributed by atoms with Crippen molar-refractivity contribution in [3.8, 4) is 0 Å². The number of nitrogens with one attached hydrogen (secondary N) is 1. The van der Waals surface area contributed by atoms with Crippen molar-refractivity contribution in [1.29, 1.82) is 0 Å². The van der Waals surface area contributed by atoms with Crippen molar-refractivity contribution in [2.75, 3.05) is 0 Å². The maximum atomic E-state index is 12.1. The first kappa shape index (κ1) is 13.4. The summed E-state index contributed by atoms with van der Waals surface area (Å²) in [6.07, 6.45) is 7.97. The second-order valence-electron chi connectivity index (χ2n) is 7.91. The average Bonchev–Trinajstić information content (AvgIpc) is 2.31. The normalized spacial score (nSPS) is 44.2. The van der Waals surface area contributed by atoms with E-state index in [1.54, 1.807) is 0 Å². The molecule has 5 aliphatic rings. The molecule has 0 aromatic rings. The summed E-state index contributed by atoms with van der Waals surface area (Å²) in [6, 6.07) is 0. The first-order valence-corrected chi connectivity index (χ1v) is 8.21. The van der Waals surface area contributed by atoms with Crippen LogP contribution in [0.25, 0.3) is 0 Å². The first-order chi connectivity index (χ1) is 9.99. The van der Waals surface area contributed by atoms with Gasteiger partial charge in [0.05, 0.1) is 5.41 Å². The fraction of sp³-hybridized carbons (Fsp3) is 0.875. The molecule has 0 spiro atoms. The Morgan fingerprint density at radius 2 is 1.76 bits per heavy atom. The van der Waals surface area contributed by atoms with Crippen LogP contribution >= 0.6 is 0 Å². The standard InChI is InChI=1S/C16H23NO4/c18-13(19)15-5-10-4-11(6-15)8-16(7-10,9-15)17-14(20)21-12-2-1-3-12/h10-12H,1-9H2,(H,17,20)(H,18,19). The predicted molar refractivity (Wildman–Crippen MR) is 74.7 cm³/mol. The second-order valence-corrected chi connectivity index (χ2v) is 7.91. The molecule has 5 heteroatoms. The molecule has 4 bridgehead atoms. The summed E-state index contributed by atoms with van der Waals surface area (Å²) < 4.78 is 5.42. The minimum atomic E-state index is -0.671. The van der Waals surface area contributed by atoms with Gasteiger partial charge in [-0.1, -0.05) is 0 Å². The van der Waals surface area contributed by atoms with Crippen LogP contribution in [-0.4, -0.2) is 28.8 Å². The zero-order valence-corrected chi connectivity index (χ0v) is 12.3. The van der Waals surface area contributed by atoms with Crippen LogP contribution in [0.1, 0.15) is 57.8 Å². The minimum Gasteiger partial charge on any atom is -0.481 e. The molecule has 5 saturated carbocycles. The molecule has 2 N–H and O–H groups in total. The third kappa shape index (κ3) is 2.12. The number of carbonyl (C=O) groups is 2. The van der Waals surface area contributed by atoms with Crippen LogP contribution in [0.4, 0.5) is 4.79 Å². The van der Waals surface area contributed by atoms with E-state index in [0.717, 1.165) is 51.4 Å². The molecule has 5 fully saturated rings. The fourth-order valence-corrected chi connectivity index (χ4v) is 5.54. The van der Waals surface area contributed by atoms with Gasteiger partial charge in [-0.15, -0.1) is 0 Å². The molecule has 0 radical (unpaired) electrons. The van der Waals surface area contributed by atoms with Gasteiger partial charge in [0.15, 0.2) is 0 Å². The van der Waals surface area contributed by atoms with Gasteiger partial charge < -0.3 is 15.2 Å². The highest BCUT2D eigenvalue weighted by Gasteiger charge is 2.61. The lowest BCUT2D eigenvalue weighted by atomic mass is 9.47. The molecule has 5 aliphatic carbocycles. The van der Waals surface area contributed by atoms with Crippen molar-refractivity contribution >= 4 is 12.1 Å². The molecule has 21 heavy (non-hydrogen) atoms. The lowest BCUT2D eigenvalue weighted by Crippen LogP contribution is -2.65. The fourth-order valence-electron chi connectivity index (χ4n) is 5.54. The molecular formula is C16H23NO4. The van der Waals surface area contributed by atoms with Crippen molar-refractivity contribution < 1.29 is 19.4 Å². The number of ether oxygens (including phenoxy) is 1. The molecule has 2 unspecified atom stereocenters. The van der Waals surface area contributed by atoms with Crippen LogP contribution in [0.15, 0.2) is 0 Å². The Morgan fingerprint density at radius 3 is 2.29 bits per heavy atom. The van der Waals surface area contributed by atoms with E-state index in [4.69, 9.17) is 4.74 Å². The van der Waals surface area contributed by atoms with Crippen LogP contribution in [0.5, 0.6) is 0 Å². The highest BCUT2D eigenvalue weighted by Crippen LogP contribution is 2.61.